The molecule has 0 aliphatic carbocycles. The standard InChI is InChI=1S/C31H31FN2O2/c1-2-33-31(36)29(21-23-11-4-3-5-12-23)34(22-26-14-7-9-18-28(26)32)30(35)20-19-25-16-10-15-24-13-6-8-17-27(24)25/h3-18,29H,2,19-22H2,1H3,(H,33,36). The molecule has 0 saturated carbocycles. The summed E-state index contributed by atoms with van der Waals surface area (Å²) in [6.07, 6.45) is 1.09. The fraction of sp³-hybridized carbons (Fsp3) is 0.226. The van der Waals surface area contributed by atoms with Gasteiger partial charge in [-0.2, -0.15) is 0 Å². The number of hydrogen-bond acceptors (Lipinski definition) is 2. The number of carbonyl (C=O) groups is 2. The molecule has 0 heterocycles. The summed E-state index contributed by atoms with van der Waals surface area (Å²) in [6, 6.07) is 29.4. The van der Waals surface area contributed by atoms with E-state index in [0.717, 1.165) is 21.9 Å². The molecule has 0 spiro atoms. The van der Waals surface area contributed by atoms with Gasteiger partial charge in [0.25, 0.3) is 0 Å². The molecule has 4 rings (SSSR count). The second-order valence-corrected chi connectivity index (χ2v) is 8.85. The summed E-state index contributed by atoms with van der Waals surface area (Å²) in [6.45, 7) is 2.32. The van der Waals surface area contributed by atoms with Gasteiger partial charge in [0, 0.05) is 31.5 Å². The number of likely N-dealkylation sites (N-methyl/N-ethyl adjacent to an activating group) is 1. The van der Waals surface area contributed by atoms with Crippen LogP contribution in [0.4, 0.5) is 4.39 Å². The lowest BCUT2D eigenvalue weighted by Crippen LogP contribution is -2.50. The van der Waals surface area contributed by atoms with Crippen molar-refractivity contribution in [1.29, 1.82) is 0 Å². The number of nitrogens with zero attached hydrogens (tertiary/aromatic N) is 1. The number of carbonyl (C=O) groups excluding carboxylic acids is 2. The first kappa shape index (κ1) is 25.1. The molecule has 0 radical (unpaired) electrons. The zero-order valence-electron chi connectivity index (χ0n) is 20.5. The quantitative estimate of drug-likeness (QED) is 0.316. The molecule has 36 heavy (non-hydrogen) atoms. The maximum Gasteiger partial charge on any atom is 0.243 e. The molecular weight excluding hydrogens is 451 g/mol. The van der Waals surface area contributed by atoms with Crippen molar-refractivity contribution >= 4 is 22.6 Å². The summed E-state index contributed by atoms with van der Waals surface area (Å²) >= 11 is 0. The van der Waals surface area contributed by atoms with Gasteiger partial charge in [0.2, 0.25) is 11.8 Å². The summed E-state index contributed by atoms with van der Waals surface area (Å²) in [7, 11) is 0. The van der Waals surface area contributed by atoms with E-state index < -0.39 is 11.9 Å². The van der Waals surface area contributed by atoms with E-state index in [2.05, 4.69) is 23.5 Å². The average Bonchev–Trinajstić information content (AvgIpc) is 2.91. The van der Waals surface area contributed by atoms with Gasteiger partial charge in [0.1, 0.15) is 11.9 Å². The third-order valence-electron chi connectivity index (χ3n) is 6.41. The molecule has 4 nitrogen and oxygen atoms in total. The van der Waals surface area contributed by atoms with Crippen molar-refractivity contribution in [2.75, 3.05) is 6.54 Å². The predicted molar refractivity (Wildman–Crippen MR) is 142 cm³/mol. The number of aryl methyl sites for hydroxylation is 1. The van der Waals surface area contributed by atoms with Gasteiger partial charge in [-0.3, -0.25) is 9.59 Å². The van der Waals surface area contributed by atoms with Crippen LogP contribution >= 0.6 is 0 Å². The highest BCUT2D eigenvalue weighted by Gasteiger charge is 2.30. The zero-order chi connectivity index (χ0) is 25.3. The van der Waals surface area contributed by atoms with Crippen molar-refractivity contribution in [2.24, 2.45) is 0 Å². The number of hydrogen-bond donors (Lipinski definition) is 1. The highest BCUT2D eigenvalue weighted by molar-refractivity contribution is 5.89. The second-order valence-electron chi connectivity index (χ2n) is 8.85. The lowest BCUT2D eigenvalue weighted by molar-refractivity contribution is -0.141. The number of amides is 2. The van der Waals surface area contributed by atoms with Gasteiger partial charge in [-0.1, -0.05) is 91.0 Å². The maximum atomic E-state index is 14.6. The van der Waals surface area contributed by atoms with E-state index in [4.69, 9.17) is 0 Å². The van der Waals surface area contributed by atoms with Crippen molar-refractivity contribution in [3.63, 3.8) is 0 Å². The largest absolute Gasteiger partial charge is 0.355 e. The van der Waals surface area contributed by atoms with Gasteiger partial charge in [-0.25, -0.2) is 4.39 Å². The van der Waals surface area contributed by atoms with Crippen molar-refractivity contribution in [3.8, 4) is 0 Å². The van der Waals surface area contributed by atoms with E-state index in [1.165, 1.54) is 6.07 Å². The molecule has 2 amide bonds. The second kappa shape index (κ2) is 12.1. The van der Waals surface area contributed by atoms with Crippen LogP contribution in [0, 0.1) is 5.82 Å². The molecule has 4 aromatic carbocycles. The first-order chi connectivity index (χ1) is 17.6. The van der Waals surface area contributed by atoms with Gasteiger partial charge in [-0.15, -0.1) is 0 Å². The van der Waals surface area contributed by atoms with E-state index >= 15 is 0 Å². The number of nitrogens with one attached hydrogen (secondary N) is 1. The third kappa shape index (κ3) is 6.16. The maximum absolute atomic E-state index is 14.6. The Labute approximate surface area is 211 Å². The molecule has 184 valence electrons. The molecule has 0 bridgehead atoms. The molecule has 0 saturated heterocycles. The number of halogens is 1. The molecule has 0 aliphatic heterocycles. The van der Waals surface area contributed by atoms with E-state index in [1.807, 2.05) is 61.5 Å². The zero-order valence-corrected chi connectivity index (χ0v) is 20.5. The Morgan fingerprint density at radius 3 is 2.28 bits per heavy atom. The number of benzene rings is 4. The van der Waals surface area contributed by atoms with Crippen LogP contribution in [0.5, 0.6) is 0 Å². The van der Waals surface area contributed by atoms with Crippen LogP contribution in [-0.4, -0.2) is 29.3 Å². The van der Waals surface area contributed by atoms with Crippen LogP contribution in [0.25, 0.3) is 10.8 Å². The number of rotatable bonds is 10. The van der Waals surface area contributed by atoms with Gasteiger partial charge < -0.3 is 10.2 Å². The Morgan fingerprint density at radius 1 is 0.833 bits per heavy atom. The summed E-state index contributed by atoms with van der Waals surface area (Å²) in [4.78, 5) is 28.5. The van der Waals surface area contributed by atoms with E-state index in [0.29, 0.717) is 24.9 Å². The Morgan fingerprint density at radius 2 is 1.50 bits per heavy atom. The predicted octanol–water partition coefficient (Wildman–Crippen LogP) is 5.69. The molecule has 1 atom stereocenters. The molecule has 1 unspecified atom stereocenters. The summed E-state index contributed by atoms with van der Waals surface area (Å²) in [5.74, 6) is -0.812. The Kier molecular flexibility index (Phi) is 8.45. The molecule has 0 aliphatic rings. The van der Waals surface area contributed by atoms with Crippen molar-refractivity contribution in [3.05, 3.63) is 120 Å². The molecular formula is C31H31FN2O2. The third-order valence-corrected chi connectivity index (χ3v) is 6.41. The van der Waals surface area contributed by atoms with Crippen molar-refractivity contribution in [1.82, 2.24) is 10.2 Å². The van der Waals surface area contributed by atoms with Crippen LogP contribution in [0.1, 0.15) is 30.0 Å². The fourth-order valence-electron chi connectivity index (χ4n) is 4.55. The van der Waals surface area contributed by atoms with E-state index in [-0.39, 0.29) is 24.8 Å². The Balaban J connectivity index is 1.64. The van der Waals surface area contributed by atoms with Gasteiger partial charge >= 0.3 is 0 Å². The van der Waals surface area contributed by atoms with E-state index in [1.54, 1.807) is 23.1 Å². The normalized spacial score (nSPS) is 11.7. The van der Waals surface area contributed by atoms with Gasteiger partial charge in [0.15, 0.2) is 0 Å². The smallest absolute Gasteiger partial charge is 0.243 e. The van der Waals surface area contributed by atoms with Crippen LogP contribution < -0.4 is 5.32 Å². The van der Waals surface area contributed by atoms with Gasteiger partial charge in [-0.05, 0) is 41.3 Å². The van der Waals surface area contributed by atoms with Gasteiger partial charge in [0.05, 0.1) is 0 Å². The molecule has 0 aromatic heterocycles. The Hall–Kier alpha value is -3.99. The lowest BCUT2D eigenvalue weighted by atomic mass is 9.99. The minimum Gasteiger partial charge on any atom is -0.355 e. The first-order valence-corrected chi connectivity index (χ1v) is 12.4. The summed E-state index contributed by atoms with van der Waals surface area (Å²) in [5.41, 5.74) is 2.40. The molecule has 4 aromatic rings. The minimum atomic E-state index is -0.757. The lowest BCUT2D eigenvalue weighted by Gasteiger charge is -2.31. The topological polar surface area (TPSA) is 49.4 Å². The van der Waals surface area contributed by atoms with Crippen molar-refractivity contribution in [2.45, 2.75) is 38.8 Å². The first-order valence-electron chi connectivity index (χ1n) is 12.4. The van der Waals surface area contributed by atoms with Crippen molar-refractivity contribution < 1.29 is 14.0 Å². The molecule has 0 fully saturated rings. The van der Waals surface area contributed by atoms with Crippen LogP contribution in [-0.2, 0) is 29.0 Å². The minimum absolute atomic E-state index is 0.0235. The van der Waals surface area contributed by atoms with Crippen LogP contribution in [0.2, 0.25) is 0 Å². The highest BCUT2D eigenvalue weighted by Crippen LogP contribution is 2.22. The Bertz CT molecular complexity index is 1320. The van der Waals surface area contributed by atoms with Crippen LogP contribution in [0.15, 0.2) is 97.1 Å². The van der Waals surface area contributed by atoms with Crippen LogP contribution in [0.3, 0.4) is 0 Å². The summed E-state index contributed by atoms with van der Waals surface area (Å²) < 4.78 is 14.6. The fourth-order valence-corrected chi connectivity index (χ4v) is 4.55. The number of fused-ring (bicyclic) bond motifs is 1. The molecule has 1 N–H and O–H groups in total. The SMILES string of the molecule is CCNC(=O)C(Cc1ccccc1)N(Cc1ccccc1F)C(=O)CCc1cccc2ccccc12. The average molecular weight is 483 g/mol. The highest BCUT2D eigenvalue weighted by atomic mass is 19.1. The summed E-state index contributed by atoms with van der Waals surface area (Å²) in [5, 5.41) is 5.10. The van der Waals surface area contributed by atoms with E-state index in [9.17, 15) is 14.0 Å². The monoisotopic (exact) mass is 482 g/mol. The molecule has 5 heteroatoms.